The molecule has 3 aromatic rings. The molecule has 0 spiro atoms. The highest BCUT2D eigenvalue weighted by Crippen LogP contribution is 2.34. The molecule has 27 heavy (non-hydrogen) atoms. The first-order chi connectivity index (χ1) is 13.3. The Morgan fingerprint density at radius 2 is 1.74 bits per heavy atom. The lowest BCUT2D eigenvalue weighted by atomic mass is 9.93. The smallest absolute Gasteiger partial charge is 0.241 e. The molecule has 6 heteroatoms. The van der Waals surface area contributed by atoms with E-state index in [-0.39, 0.29) is 0 Å². The molecule has 4 heterocycles. The van der Waals surface area contributed by atoms with Crippen LogP contribution in [0, 0.1) is 6.92 Å². The number of aryl methyl sites for hydroxylation is 1. The predicted octanol–water partition coefficient (Wildman–Crippen LogP) is 3.75. The van der Waals surface area contributed by atoms with Gasteiger partial charge in [0.1, 0.15) is 5.69 Å². The van der Waals surface area contributed by atoms with Crippen molar-refractivity contribution in [2.24, 2.45) is 0 Å². The van der Waals surface area contributed by atoms with Crippen molar-refractivity contribution in [1.29, 1.82) is 0 Å². The van der Waals surface area contributed by atoms with Gasteiger partial charge in [0.25, 0.3) is 0 Å². The molecule has 0 unspecified atom stereocenters. The highest BCUT2D eigenvalue weighted by atomic mass is 16.5. The molecule has 4 rings (SSSR count). The van der Waals surface area contributed by atoms with Gasteiger partial charge >= 0.3 is 0 Å². The highest BCUT2D eigenvalue weighted by molar-refractivity contribution is 5.33. The third-order valence-electron chi connectivity index (χ3n) is 4.94. The number of pyridine rings is 2. The number of nitrogens with zero attached hydrogens (tertiary/aromatic N) is 5. The highest BCUT2D eigenvalue weighted by Gasteiger charge is 2.25. The third kappa shape index (κ3) is 4.28. The minimum Gasteiger partial charge on any atom is -0.435 e. The first-order valence-electron chi connectivity index (χ1n) is 9.32. The molecular formula is C21H23N5O. The quantitative estimate of drug-likeness (QED) is 0.690. The van der Waals surface area contributed by atoms with Crippen LogP contribution in [0.15, 0.2) is 55.1 Å². The molecule has 0 aliphatic carbocycles. The van der Waals surface area contributed by atoms with Crippen molar-refractivity contribution in [3.63, 3.8) is 0 Å². The van der Waals surface area contributed by atoms with E-state index < -0.39 is 0 Å². The van der Waals surface area contributed by atoms with E-state index in [0.717, 1.165) is 55.3 Å². The molecule has 1 saturated heterocycles. The lowest BCUT2D eigenvalue weighted by Crippen LogP contribution is -2.33. The Hall–Kier alpha value is -2.86. The second-order valence-corrected chi connectivity index (χ2v) is 6.81. The second kappa shape index (κ2) is 8.22. The van der Waals surface area contributed by atoms with Crippen molar-refractivity contribution in [1.82, 2.24) is 24.8 Å². The maximum atomic E-state index is 6.06. The summed E-state index contributed by atoms with van der Waals surface area (Å²) < 4.78 is 6.06. The second-order valence-electron chi connectivity index (χ2n) is 6.81. The summed E-state index contributed by atoms with van der Waals surface area (Å²) in [5.41, 5.74) is 2.91. The molecule has 138 valence electrons. The van der Waals surface area contributed by atoms with Gasteiger partial charge in [-0.15, -0.1) is 0 Å². The Morgan fingerprint density at radius 3 is 2.52 bits per heavy atom. The van der Waals surface area contributed by atoms with Gasteiger partial charge in [-0.25, -0.2) is 4.98 Å². The van der Waals surface area contributed by atoms with Crippen molar-refractivity contribution in [3.05, 3.63) is 72.2 Å². The molecule has 0 aromatic carbocycles. The Kier molecular flexibility index (Phi) is 5.34. The van der Waals surface area contributed by atoms with E-state index in [1.165, 1.54) is 0 Å². The maximum Gasteiger partial charge on any atom is 0.241 e. The number of aromatic nitrogens is 4. The van der Waals surface area contributed by atoms with Crippen molar-refractivity contribution < 1.29 is 4.74 Å². The van der Waals surface area contributed by atoms with Crippen LogP contribution in [0.1, 0.15) is 35.8 Å². The van der Waals surface area contributed by atoms with Gasteiger partial charge in [-0.05, 0) is 57.1 Å². The van der Waals surface area contributed by atoms with Gasteiger partial charge in [-0.1, -0.05) is 6.07 Å². The Morgan fingerprint density at radius 1 is 0.926 bits per heavy atom. The molecule has 1 aliphatic heterocycles. The molecule has 0 radical (unpaired) electrons. The fourth-order valence-electron chi connectivity index (χ4n) is 3.46. The van der Waals surface area contributed by atoms with Crippen molar-refractivity contribution in [2.45, 2.75) is 32.2 Å². The first kappa shape index (κ1) is 17.5. The van der Waals surface area contributed by atoms with Crippen LogP contribution in [-0.4, -0.2) is 37.9 Å². The summed E-state index contributed by atoms with van der Waals surface area (Å²) in [6.07, 6.45) is 9.11. The zero-order chi connectivity index (χ0) is 18.5. The van der Waals surface area contributed by atoms with Gasteiger partial charge < -0.3 is 4.74 Å². The van der Waals surface area contributed by atoms with Crippen LogP contribution in [0.5, 0.6) is 11.6 Å². The first-order valence-corrected chi connectivity index (χ1v) is 9.32. The molecular weight excluding hydrogens is 338 g/mol. The third-order valence-corrected chi connectivity index (χ3v) is 4.94. The van der Waals surface area contributed by atoms with Crippen LogP contribution >= 0.6 is 0 Å². The van der Waals surface area contributed by atoms with E-state index >= 15 is 0 Å². The summed E-state index contributed by atoms with van der Waals surface area (Å²) >= 11 is 0. The van der Waals surface area contributed by atoms with Crippen molar-refractivity contribution >= 4 is 0 Å². The number of likely N-dealkylation sites (tertiary alicyclic amines) is 1. The standard InChI is InChI=1S/C21H23N5O/c1-16-19(6-4-10-22-16)27-21-20(24-11-12-25-21)17-7-13-26(14-8-17)15-18-5-2-3-9-23-18/h2-6,9-12,17H,7-8,13-15H2,1H3. The number of piperidine rings is 1. The normalized spacial score (nSPS) is 15.6. The number of rotatable bonds is 5. The number of ether oxygens (including phenoxy) is 1. The van der Waals surface area contributed by atoms with Gasteiger partial charge in [0.05, 0.1) is 11.4 Å². The van der Waals surface area contributed by atoms with Gasteiger partial charge in [-0.3, -0.25) is 19.9 Å². The van der Waals surface area contributed by atoms with Crippen LogP contribution in [-0.2, 0) is 6.54 Å². The van der Waals surface area contributed by atoms with Gasteiger partial charge in [-0.2, -0.15) is 0 Å². The monoisotopic (exact) mass is 361 g/mol. The van der Waals surface area contributed by atoms with Gasteiger partial charge in [0.15, 0.2) is 5.75 Å². The molecule has 0 N–H and O–H groups in total. The zero-order valence-corrected chi connectivity index (χ0v) is 15.5. The SMILES string of the molecule is Cc1ncccc1Oc1nccnc1C1CCN(Cc2ccccn2)CC1. The van der Waals surface area contributed by atoms with Gasteiger partial charge in [0, 0.05) is 37.3 Å². The van der Waals surface area contributed by atoms with Crippen molar-refractivity contribution in [3.8, 4) is 11.6 Å². The van der Waals surface area contributed by atoms with E-state index in [4.69, 9.17) is 4.74 Å². The van der Waals surface area contributed by atoms with Crippen LogP contribution < -0.4 is 4.74 Å². The van der Waals surface area contributed by atoms with Gasteiger partial charge in [0.2, 0.25) is 5.88 Å². The lowest BCUT2D eigenvalue weighted by molar-refractivity contribution is 0.199. The Bertz CT molecular complexity index is 879. The van der Waals surface area contributed by atoms with E-state index in [0.29, 0.717) is 11.8 Å². The molecule has 0 amide bonds. The molecule has 0 atom stereocenters. The molecule has 0 bridgehead atoms. The summed E-state index contributed by atoms with van der Waals surface area (Å²) in [4.78, 5) is 20.2. The largest absolute Gasteiger partial charge is 0.435 e. The summed E-state index contributed by atoms with van der Waals surface area (Å²) in [6, 6.07) is 9.86. The average Bonchev–Trinajstić information content (AvgIpc) is 2.72. The van der Waals surface area contributed by atoms with E-state index in [9.17, 15) is 0 Å². The fourth-order valence-corrected chi connectivity index (χ4v) is 3.46. The summed E-state index contributed by atoms with van der Waals surface area (Å²) in [5.74, 6) is 1.68. The van der Waals surface area contributed by atoms with Crippen LogP contribution in [0.3, 0.4) is 0 Å². The van der Waals surface area contributed by atoms with E-state index in [2.05, 4.69) is 30.9 Å². The topological polar surface area (TPSA) is 64.0 Å². The van der Waals surface area contributed by atoms with Crippen LogP contribution in [0.25, 0.3) is 0 Å². The predicted molar refractivity (Wildman–Crippen MR) is 103 cm³/mol. The van der Waals surface area contributed by atoms with Crippen LogP contribution in [0.2, 0.25) is 0 Å². The van der Waals surface area contributed by atoms with E-state index in [1.807, 2.05) is 37.4 Å². The Labute approximate surface area is 159 Å². The molecule has 0 saturated carbocycles. The number of hydrogen-bond donors (Lipinski definition) is 0. The maximum absolute atomic E-state index is 6.06. The van der Waals surface area contributed by atoms with E-state index in [1.54, 1.807) is 18.6 Å². The van der Waals surface area contributed by atoms with Crippen LogP contribution in [0.4, 0.5) is 0 Å². The Balaban J connectivity index is 1.43. The molecule has 1 fully saturated rings. The lowest BCUT2D eigenvalue weighted by Gasteiger charge is -2.31. The molecule has 3 aromatic heterocycles. The fraction of sp³-hybridized carbons (Fsp3) is 0.333. The minimum atomic E-state index is 0.352. The summed E-state index contributed by atoms with van der Waals surface area (Å²) in [5, 5.41) is 0. The summed E-state index contributed by atoms with van der Waals surface area (Å²) in [7, 11) is 0. The minimum absolute atomic E-state index is 0.352. The average molecular weight is 361 g/mol. The number of hydrogen-bond acceptors (Lipinski definition) is 6. The molecule has 6 nitrogen and oxygen atoms in total. The van der Waals surface area contributed by atoms with Crippen molar-refractivity contribution in [2.75, 3.05) is 13.1 Å². The molecule has 1 aliphatic rings. The zero-order valence-electron chi connectivity index (χ0n) is 15.5. The summed E-state index contributed by atoms with van der Waals surface area (Å²) in [6.45, 7) is 4.86.